The van der Waals surface area contributed by atoms with Gasteiger partial charge in [-0.3, -0.25) is 0 Å². The fraction of sp³-hybridized carbons (Fsp3) is 0.310. The van der Waals surface area contributed by atoms with Crippen molar-refractivity contribution in [3.8, 4) is 0 Å². The average molecular weight is 712 g/mol. The summed E-state index contributed by atoms with van der Waals surface area (Å²) in [6.45, 7) is 19.5. The summed E-state index contributed by atoms with van der Waals surface area (Å²) in [5.41, 5.74) is 13.6. The number of rotatable bonds is 7. The van der Waals surface area contributed by atoms with Crippen LogP contribution < -0.4 is 35.3 Å². The molecule has 1 unspecified atom stereocenters. The van der Waals surface area contributed by atoms with Gasteiger partial charge in [-0.25, -0.2) is 0 Å². The van der Waals surface area contributed by atoms with Gasteiger partial charge in [0.2, 0.25) is 0 Å². The van der Waals surface area contributed by atoms with Gasteiger partial charge in [-0.1, -0.05) is 0 Å². The number of halogens is 2. The predicted molar refractivity (Wildman–Crippen MR) is 182 cm³/mol. The van der Waals surface area contributed by atoms with Crippen LogP contribution in [-0.2, 0) is 22.8 Å². The van der Waals surface area contributed by atoms with E-state index in [1.165, 1.54) is 32.7 Å². The Labute approximate surface area is 294 Å². The van der Waals surface area contributed by atoms with Gasteiger partial charge in [0, 0.05) is 0 Å². The minimum atomic E-state index is -1.32. The largest absolute Gasteiger partial charge is 1.00 e. The van der Waals surface area contributed by atoms with Crippen molar-refractivity contribution in [3.63, 3.8) is 0 Å². The van der Waals surface area contributed by atoms with Crippen molar-refractivity contribution in [2.75, 3.05) is 0 Å². The van der Waals surface area contributed by atoms with Gasteiger partial charge in [0.25, 0.3) is 0 Å². The molecule has 0 saturated carbocycles. The van der Waals surface area contributed by atoms with Gasteiger partial charge in [-0.15, -0.1) is 0 Å². The maximum Gasteiger partial charge on any atom is -1.00 e. The van der Waals surface area contributed by atoms with Crippen molar-refractivity contribution in [2.45, 2.75) is 61.8 Å². The number of hydrogen-bond acceptors (Lipinski definition) is 0. The molecule has 6 rings (SSSR count). The molecule has 0 N–H and O–H groups in total. The van der Waals surface area contributed by atoms with Gasteiger partial charge in [0.05, 0.1) is 0 Å². The monoisotopic (exact) mass is 709 g/mol. The van der Waals surface area contributed by atoms with E-state index in [1.807, 2.05) is 0 Å². The summed E-state index contributed by atoms with van der Waals surface area (Å²) in [6, 6.07) is 29.7. The SMILES string of the molecule is Cc1ccc2c(c1)=[C]([Zr+2]=[C](c1ccccc1)c1ccccc1)C1=C(C3=CC=CC3)C(C)(C(C)C)C(C(C)C)=C(C(C)C)C=21.[Cl-].[Cl-]. The first kappa shape index (κ1) is 35.5. The van der Waals surface area contributed by atoms with Crippen LogP contribution in [0.2, 0.25) is 0 Å². The van der Waals surface area contributed by atoms with E-state index in [2.05, 4.69) is 152 Å². The zero-order valence-electron chi connectivity index (χ0n) is 27.9. The van der Waals surface area contributed by atoms with E-state index < -0.39 is 22.8 Å². The van der Waals surface area contributed by atoms with Crippen LogP contribution >= 0.6 is 0 Å². The van der Waals surface area contributed by atoms with E-state index in [0.717, 1.165) is 6.42 Å². The van der Waals surface area contributed by atoms with Gasteiger partial charge in [-0.2, -0.15) is 0 Å². The van der Waals surface area contributed by atoms with E-state index in [-0.39, 0.29) is 30.2 Å². The second-order valence-electron chi connectivity index (χ2n) is 13.6. The molecular formula is C42H45Cl2Zr. The van der Waals surface area contributed by atoms with Crippen LogP contribution in [0, 0.1) is 30.1 Å². The molecule has 0 nitrogen and oxygen atoms in total. The van der Waals surface area contributed by atoms with Crippen LogP contribution in [-0.4, -0.2) is 3.21 Å². The molecule has 0 aromatic heterocycles. The van der Waals surface area contributed by atoms with E-state index in [4.69, 9.17) is 0 Å². The summed E-state index contributed by atoms with van der Waals surface area (Å²) >= 11 is -1.32. The smallest absolute Gasteiger partial charge is 1.00 e. The Morgan fingerprint density at radius 2 is 1.33 bits per heavy atom. The zero-order chi connectivity index (χ0) is 30.5. The van der Waals surface area contributed by atoms with E-state index in [0.29, 0.717) is 17.8 Å². The van der Waals surface area contributed by atoms with Crippen LogP contribution in [0.15, 0.2) is 125 Å². The van der Waals surface area contributed by atoms with Crippen molar-refractivity contribution in [1.29, 1.82) is 0 Å². The summed E-state index contributed by atoms with van der Waals surface area (Å²) in [4.78, 5) is 0. The third-order valence-electron chi connectivity index (χ3n) is 9.88. The average Bonchev–Trinajstić information content (AvgIpc) is 3.62. The van der Waals surface area contributed by atoms with Gasteiger partial charge < -0.3 is 24.8 Å². The quantitative estimate of drug-likeness (QED) is 0.354. The number of aryl methyl sites for hydroxylation is 1. The van der Waals surface area contributed by atoms with E-state index >= 15 is 0 Å². The number of benzene rings is 3. The van der Waals surface area contributed by atoms with Crippen LogP contribution in [0.5, 0.6) is 0 Å². The third-order valence-corrected chi connectivity index (χ3v) is 13.8. The fourth-order valence-electron chi connectivity index (χ4n) is 7.83. The van der Waals surface area contributed by atoms with Crippen molar-refractivity contribution < 1.29 is 47.6 Å². The van der Waals surface area contributed by atoms with Crippen molar-refractivity contribution in [3.05, 3.63) is 152 Å². The van der Waals surface area contributed by atoms with E-state index in [9.17, 15) is 0 Å². The van der Waals surface area contributed by atoms with Gasteiger partial charge in [0.15, 0.2) is 0 Å². The molecule has 0 amide bonds. The Balaban J connectivity index is 0.00000230. The molecule has 3 aromatic rings. The summed E-state index contributed by atoms with van der Waals surface area (Å²) in [5, 5.41) is 2.97. The zero-order valence-corrected chi connectivity index (χ0v) is 31.9. The first-order valence-electron chi connectivity index (χ1n) is 16.1. The van der Waals surface area contributed by atoms with Gasteiger partial charge >= 0.3 is 272 Å². The molecule has 0 aliphatic heterocycles. The molecule has 0 radical (unpaired) electrons. The standard InChI is InChI=1S/C29H35.C13H10.2ClH.Zr/c1-17(2)25-26-23-14-13-20(7)15-22(23)16-24(26)28(21-11-9-10-12-21)29(8,19(5)6)27(25)18(3)4;1-3-7-12(8-4-1)11-13-9-5-2-6-10-13;;;/h9-11,13-15,17-19H,12H2,1-8H3;1-10H;2*1H;/q;;;;+2/p-2. The third kappa shape index (κ3) is 6.11. The van der Waals surface area contributed by atoms with Crippen LogP contribution in [0.3, 0.4) is 0 Å². The van der Waals surface area contributed by atoms with Crippen molar-refractivity contribution in [1.82, 2.24) is 0 Å². The second-order valence-corrected chi connectivity index (χ2v) is 16.7. The minimum Gasteiger partial charge on any atom is -1.00 e. The Hall–Kier alpha value is -2.31. The molecule has 0 saturated heterocycles. The molecule has 3 heteroatoms. The van der Waals surface area contributed by atoms with Crippen LogP contribution in [0.4, 0.5) is 0 Å². The molecule has 0 heterocycles. The number of allylic oxidation sites excluding steroid dienone is 8. The van der Waals surface area contributed by atoms with Crippen molar-refractivity contribution >= 4 is 12.1 Å². The molecule has 0 fully saturated rings. The van der Waals surface area contributed by atoms with Gasteiger partial charge in [0.1, 0.15) is 0 Å². The molecule has 3 aliphatic carbocycles. The topological polar surface area (TPSA) is 0 Å². The molecule has 1 atom stereocenters. The Bertz CT molecular complexity index is 1820. The molecule has 0 bridgehead atoms. The molecule has 3 aromatic carbocycles. The maximum absolute atomic E-state index is 2.59. The molecule has 231 valence electrons. The summed E-state index contributed by atoms with van der Waals surface area (Å²) in [7, 11) is 0. The first-order chi connectivity index (χ1) is 20.6. The normalized spacial score (nSPS) is 18.6. The number of hydrogen-bond donors (Lipinski definition) is 0. The molecular weight excluding hydrogens is 667 g/mol. The van der Waals surface area contributed by atoms with Crippen molar-refractivity contribution in [2.24, 2.45) is 23.2 Å². The fourth-order valence-corrected chi connectivity index (χ4v) is 11.7. The minimum absolute atomic E-state index is 0. The van der Waals surface area contributed by atoms with E-state index in [1.54, 1.807) is 34.4 Å². The first-order valence-corrected chi connectivity index (χ1v) is 18.6. The number of fused-ring (bicyclic) bond motifs is 2. The second kappa shape index (κ2) is 14.2. The Morgan fingerprint density at radius 1 is 0.733 bits per heavy atom. The van der Waals surface area contributed by atoms with Crippen LogP contribution in [0.1, 0.15) is 71.6 Å². The van der Waals surface area contributed by atoms with Crippen LogP contribution in [0.25, 0.3) is 8.85 Å². The summed E-state index contributed by atoms with van der Waals surface area (Å²) < 4.78 is 3.23. The maximum atomic E-state index is 2.59. The summed E-state index contributed by atoms with van der Waals surface area (Å²) in [5.74, 6) is 1.40. The molecule has 0 spiro atoms. The molecule has 3 aliphatic rings. The van der Waals surface area contributed by atoms with Gasteiger partial charge in [-0.05, 0) is 0 Å². The predicted octanol–water partition coefficient (Wildman–Crippen LogP) is 3.09. The summed E-state index contributed by atoms with van der Waals surface area (Å²) in [6.07, 6.45) is 8.10. The molecule has 45 heavy (non-hydrogen) atoms. The Morgan fingerprint density at radius 3 is 1.82 bits per heavy atom. The Kier molecular flexibility index (Phi) is 11.2.